The first-order valence-corrected chi connectivity index (χ1v) is 5.83. The molecule has 1 heterocycles. The number of pyridine rings is 1. The fraction of sp³-hybridized carbons (Fsp3) is 0.214. The number of aromatic nitrogens is 1. The fourth-order valence-corrected chi connectivity index (χ4v) is 1.66. The first-order valence-electron chi connectivity index (χ1n) is 5.83. The first kappa shape index (κ1) is 13.3. The van der Waals surface area contributed by atoms with Gasteiger partial charge in [-0.15, -0.1) is 0 Å². The van der Waals surface area contributed by atoms with Crippen molar-refractivity contribution in [1.82, 2.24) is 4.98 Å². The molecule has 0 aliphatic rings. The molecule has 1 aromatic carbocycles. The van der Waals surface area contributed by atoms with E-state index >= 15 is 0 Å². The van der Waals surface area contributed by atoms with E-state index in [-0.39, 0.29) is 6.54 Å². The largest absolute Gasteiger partial charge is 0.497 e. The van der Waals surface area contributed by atoms with E-state index in [4.69, 9.17) is 15.2 Å². The lowest BCUT2D eigenvalue weighted by Gasteiger charge is -2.10. The van der Waals surface area contributed by atoms with Crippen LogP contribution >= 0.6 is 0 Å². The lowest BCUT2D eigenvalue weighted by Crippen LogP contribution is -2.05. The van der Waals surface area contributed by atoms with Crippen molar-refractivity contribution in [2.45, 2.75) is 13.2 Å². The zero-order valence-electron chi connectivity index (χ0n) is 10.6. The third-order valence-electron chi connectivity index (χ3n) is 2.62. The molecule has 0 fully saturated rings. The van der Waals surface area contributed by atoms with Gasteiger partial charge in [0.1, 0.15) is 18.2 Å². The molecular weight excluding hydrogens is 247 g/mol. The van der Waals surface area contributed by atoms with Crippen LogP contribution in [-0.4, -0.2) is 12.1 Å². The number of halogens is 1. The second-order valence-corrected chi connectivity index (χ2v) is 3.96. The topological polar surface area (TPSA) is 57.4 Å². The fourth-order valence-electron chi connectivity index (χ4n) is 1.66. The van der Waals surface area contributed by atoms with Crippen LogP contribution in [0.15, 0.2) is 36.5 Å². The highest BCUT2D eigenvalue weighted by Gasteiger charge is 2.06. The number of hydrogen-bond acceptors (Lipinski definition) is 4. The van der Waals surface area contributed by atoms with Crippen LogP contribution in [-0.2, 0) is 13.2 Å². The van der Waals surface area contributed by atoms with E-state index in [1.165, 1.54) is 6.07 Å². The van der Waals surface area contributed by atoms with Gasteiger partial charge in [0.25, 0.3) is 0 Å². The SMILES string of the molecule is COc1cccc(COc2ncc(F)cc2CN)c1. The second kappa shape index (κ2) is 6.15. The van der Waals surface area contributed by atoms with Crippen molar-refractivity contribution in [1.29, 1.82) is 0 Å². The molecule has 100 valence electrons. The maximum absolute atomic E-state index is 13.0. The summed E-state index contributed by atoms with van der Waals surface area (Å²) < 4.78 is 23.7. The van der Waals surface area contributed by atoms with Crippen molar-refractivity contribution >= 4 is 0 Å². The van der Waals surface area contributed by atoms with E-state index < -0.39 is 5.82 Å². The molecule has 0 aliphatic carbocycles. The van der Waals surface area contributed by atoms with Gasteiger partial charge in [-0.3, -0.25) is 0 Å². The van der Waals surface area contributed by atoms with Crippen molar-refractivity contribution in [2.75, 3.05) is 7.11 Å². The molecule has 1 aromatic heterocycles. The molecule has 0 radical (unpaired) electrons. The molecule has 2 rings (SSSR count). The average molecular weight is 262 g/mol. The smallest absolute Gasteiger partial charge is 0.218 e. The van der Waals surface area contributed by atoms with Gasteiger partial charge in [0.2, 0.25) is 5.88 Å². The Kier molecular flexibility index (Phi) is 4.30. The van der Waals surface area contributed by atoms with E-state index in [1.54, 1.807) is 7.11 Å². The Labute approximate surface area is 111 Å². The zero-order valence-corrected chi connectivity index (χ0v) is 10.6. The summed E-state index contributed by atoms with van der Waals surface area (Å²) in [5, 5.41) is 0. The Morgan fingerprint density at radius 1 is 1.32 bits per heavy atom. The number of nitrogens with two attached hydrogens (primary N) is 1. The van der Waals surface area contributed by atoms with Gasteiger partial charge in [-0.2, -0.15) is 0 Å². The summed E-state index contributed by atoms with van der Waals surface area (Å²) in [4.78, 5) is 3.90. The molecule has 19 heavy (non-hydrogen) atoms. The van der Waals surface area contributed by atoms with Gasteiger partial charge in [0.15, 0.2) is 0 Å². The predicted molar refractivity (Wildman–Crippen MR) is 69.4 cm³/mol. The van der Waals surface area contributed by atoms with Crippen LogP contribution in [0, 0.1) is 5.82 Å². The normalized spacial score (nSPS) is 10.3. The van der Waals surface area contributed by atoms with Crippen LogP contribution < -0.4 is 15.2 Å². The van der Waals surface area contributed by atoms with Gasteiger partial charge >= 0.3 is 0 Å². The molecule has 0 atom stereocenters. The number of methoxy groups -OCH3 is 1. The van der Waals surface area contributed by atoms with E-state index in [9.17, 15) is 4.39 Å². The van der Waals surface area contributed by atoms with Gasteiger partial charge in [0, 0.05) is 12.1 Å². The minimum atomic E-state index is -0.422. The number of nitrogens with zero attached hydrogens (tertiary/aromatic N) is 1. The second-order valence-electron chi connectivity index (χ2n) is 3.96. The van der Waals surface area contributed by atoms with E-state index in [2.05, 4.69) is 4.98 Å². The lowest BCUT2D eigenvalue weighted by molar-refractivity contribution is 0.288. The first-order chi connectivity index (χ1) is 9.22. The van der Waals surface area contributed by atoms with Crippen LogP contribution in [0.5, 0.6) is 11.6 Å². The zero-order chi connectivity index (χ0) is 13.7. The van der Waals surface area contributed by atoms with Gasteiger partial charge in [-0.25, -0.2) is 9.37 Å². The molecule has 5 heteroatoms. The van der Waals surface area contributed by atoms with Crippen LogP contribution in [0.3, 0.4) is 0 Å². The summed E-state index contributed by atoms with van der Waals surface area (Å²) in [7, 11) is 1.61. The summed E-state index contributed by atoms with van der Waals surface area (Å²) >= 11 is 0. The number of ether oxygens (including phenoxy) is 2. The minimum absolute atomic E-state index is 0.179. The quantitative estimate of drug-likeness (QED) is 0.898. The molecule has 0 bridgehead atoms. The highest BCUT2D eigenvalue weighted by molar-refractivity contribution is 5.29. The Balaban J connectivity index is 2.09. The Morgan fingerprint density at radius 2 is 2.16 bits per heavy atom. The van der Waals surface area contributed by atoms with Gasteiger partial charge in [-0.05, 0) is 23.8 Å². The molecular formula is C14H15FN2O2. The van der Waals surface area contributed by atoms with Crippen molar-refractivity contribution in [3.05, 3.63) is 53.5 Å². The maximum atomic E-state index is 13.0. The van der Waals surface area contributed by atoms with Crippen LogP contribution in [0.2, 0.25) is 0 Å². The third kappa shape index (κ3) is 3.42. The Morgan fingerprint density at radius 3 is 2.89 bits per heavy atom. The van der Waals surface area contributed by atoms with E-state index in [0.29, 0.717) is 18.1 Å². The van der Waals surface area contributed by atoms with Crippen LogP contribution in [0.25, 0.3) is 0 Å². The van der Waals surface area contributed by atoms with Crippen molar-refractivity contribution < 1.29 is 13.9 Å². The monoisotopic (exact) mass is 262 g/mol. The molecule has 4 nitrogen and oxygen atoms in total. The molecule has 2 N–H and O–H groups in total. The standard InChI is InChI=1S/C14H15FN2O2/c1-18-13-4-2-3-10(5-13)9-19-14-11(7-16)6-12(15)8-17-14/h2-6,8H,7,9,16H2,1H3. The average Bonchev–Trinajstić information content (AvgIpc) is 2.46. The summed E-state index contributed by atoms with van der Waals surface area (Å²) in [6, 6.07) is 8.83. The lowest BCUT2D eigenvalue weighted by atomic mass is 10.2. The molecule has 0 saturated carbocycles. The van der Waals surface area contributed by atoms with Crippen molar-refractivity contribution in [2.24, 2.45) is 5.73 Å². The van der Waals surface area contributed by atoms with E-state index in [0.717, 1.165) is 17.5 Å². The van der Waals surface area contributed by atoms with Crippen LogP contribution in [0.4, 0.5) is 4.39 Å². The van der Waals surface area contributed by atoms with Gasteiger partial charge < -0.3 is 15.2 Å². The summed E-state index contributed by atoms with van der Waals surface area (Å²) in [5.41, 5.74) is 7.01. The van der Waals surface area contributed by atoms with Crippen molar-refractivity contribution in [3.63, 3.8) is 0 Å². The molecule has 0 unspecified atom stereocenters. The third-order valence-corrected chi connectivity index (χ3v) is 2.62. The molecule has 0 saturated heterocycles. The number of rotatable bonds is 5. The molecule has 2 aromatic rings. The molecule has 0 aliphatic heterocycles. The van der Waals surface area contributed by atoms with Gasteiger partial charge in [-0.1, -0.05) is 12.1 Å². The highest BCUT2D eigenvalue weighted by Crippen LogP contribution is 2.18. The molecule has 0 amide bonds. The number of hydrogen-bond donors (Lipinski definition) is 1. The maximum Gasteiger partial charge on any atom is 0.218 e. The Bertz CT molecular complexity index is 561. The highest BCUT2D eigenvalue weighted by atomic mass is 19.1. The summed E-state index contributed by atoms with van der Waals surface area (Å²) in [6.45, 7) is 0.501. The van der Waals surface area contributed by atoms with Gasteiger partial charge in [0.05, 0.1) is 13.3 Å². The predicted octanol–water partition coefficient (Wildman–Crippen LogP) is 2.27. The number of benzene rings is 1. The Hall–Kier alpha value is -2.14. The van der Waals surface area contributed by atoms with E-state index in [1.807, 2.05) is 24.3 Å². The summed E-state index contributed by atoms with van der Waals surface area (Å²) in [6.07, 6.45) is 1.11. The van der Waals surface area contributed by atoms with Crippen molar-refractivity contribution in [3.8, 4) is 11.6 Å². The minimum Gasteiger partial charge on any atom is -0.497 e. The summed E-state index contributed by atoms with van der Waals surface area (Å²) in [5.74, 6) is 0.688. The molecule has 0 spiro atoms. The van der Waals surface area contributed by atoms with Crippen LogP contribution in [0.1, 0.15) is 11.1 Å².